The molecule has 0 aromatic heterocycles. The van der Waals surface area contributed by atoms with Gasteiger partial charge in [0, 0.05) is 17.3 Å². The number of nitrogens with one attached hydrogen (secondary N) is 1. The molecule has 132 valence electrons. The average molecular weight is 341 g/mol. The third kappa shape index (κ3) is 4.73. The summed E-state index contributed by atoms with van der Waals surface area (Å²) < 4.78 is 16.7. The van der Waals surface area contributed by atoms with E-state index in [9.17, 15) is 4.79 Å². The first-order valence-corrected chi connectivity index (χ1v) is 8.35. The highest BCUT2D eigenvalue weighted by molar-refractivity contribution is 6.04. The molecule has 1 aliphatic heterocycles. The molecule has 2 aromatic rings. The van der Waals surface area contributed by atoms with Crippen LogP contribution in [0.4, 0.5) is 5.69 Å². The van der Waals surface area contributed by atoms with Crippen LogP contribution in [0, 0.1) is 0 Å². The van der Waals surface area contributed by atoms with Gasteiger partial charge in [0.2, 0.25) is 0 Å². The summed E-state index contributed by atoms with van der Waals surface area (Å²) in [5, 5.41) is 2.88. The van der Waals surface area contributed by atoms with Crippen LogP contribution in [-0.2, 0) is 11.3 Å². The Kier molecular flexibility index (Phi) is 4.95. The van der Waals surface area contributed by atoms with E-state index in [1.54, 1.807) is 30.3 Å². The minimum absolute atomic E-state index is 0.167. The standard InChI is InChI=1S/C20H23NO4/c1-20(2,3)25-13-14-4-6-15(7-5-14)19(22)21-16-8-9-17-18(12-16)24-11-10-23-17/h4-9,12H,10-11,13H2,1-3H3,(H,21,22). The molecule has 0 unspecified atom stereocenters. The van der Waals surface area contributed by atoms with Crippen LogP contribution in [0.2, 0.25) is 0 Å². The number of hydrogen-bond acceptors (Lipinski definition) is 4. The topological polar surface area (TPSA) is 56.8 Å². The van der Waals surface area contributed by atoms with E-state index in [2.05, 4.69) is 5.32 Å². The number of hydrogen-bond donors (Lipinski definition) is 1. The van der Waals surface area contributed by atoms with E-state index in [0.29, 0.717) is 42.6 Å². The largest absolute Gasteiger partial charge is 0.486 e. The Labute approximate surface area is 147 Å². The zero-order chi connectivity index (χ0) is 17.9. The van der Waals surface area contributed by atoms with Gasteiger partial charge in [-0.3, -0.25) is 4.79 Å². The van der Waals surface area contributed by atoms with Crippen molar-refractivity contribution >= 4 is 11.6 Å². The number of benzene rings is 2. The molecule has 2 aromatic carbocycles. The highest BCUT2D eigenvalue weighted by Gasteiger charge is 2.14. The third-order valence-electron chi connectivity index (χ3n) is 3.69. The monoisotopic (exact) mass is 341 g/mol. The molecule has 0 saturated carbocycles. The molecular formula is C20H23NO4. The Morgan fingerprint density at radius 2 is 1.72 bits per heavy atom. The summed E-state index contributed by atoms with van der Waals surface area (Å²) in [6, 6.07) is 12.8. The Morgan fingerprint density at radius 1 is 1.04 bits per heavy atom. The summed E-state index contributed by atoms with van der Waals surface area (Å²) in [6.45, 7) is 7.63. The van der Waals surface area contributed by atoms with Gasteiger partial charge >= 0.3 is 0 Å². The van der Waals surface area contributed by atoms with Gasteiger partial charge in [-0.25, -0.2) is 0 Å². The number of fused-ring (bicyclic) bond motifs is 1. The third-order valence-corrected chi connectivity index (χ3v) is 3.69. The van der Waals surface area contributed by atoms with Gasteiger partial charge in [0.25, 0.3) is 5.91 Å². The second-order valence-electron chi connectivity index (χ2n) is 6.91. The van der Waals surface area contributed by atoms with E-state index >= 15 is 0 Å². The van der Waals surface area contributed by atoms with E-state index in [1.807, 2.05) is 32.9 Å². The molecule has 1 aliphatic rings. The molecule has 0 saturated heterocycles. The lowest BCUT2D eigenvalue weighted by molar-refractivity contribution is -0.0149. The lowest BCUT2D eigenvalue weighted by Gasteiger charge is -2.19. The smallest absolute Gasteiger partial charge is 0.255 e. The highest BCUT2D eigenvalue weighted by Crippen LogP contribution is 2.32. The number of amides is 1. The van der Waals surface area contributed by atoms with E-state index < -0.39 is 0 Å². The molecule has 5 nitrogen and oxygen atoms in total. The van der Waals surface area contributed by atoms with Crippen LogP contribution in [0.5, 0.6) is 11.5 Å². The summed E-state index contributed by atoms with van der Waals surface area (Å²) in [5.74, 6) is 1.19. The van der Waals surface area contributed by atoms with Gasteiger partial charge in [0.1, 0.15) is 13.2 Å². The maximum atomic E-state index is 12.4. The summed E-state index contributed by atoms with van der Waals surface area (Å²) in [7, 11) is 0. The average Bonchev–Trinajstić information content (AvgIpc) is 2.59. The van der Waals surface area contributed by atoms with Crippen molar-refractivity contribution in [1.29, 1.82) is 0 Å². The number of ether oxygens (including phenoxy) is 3. The van der Waals surface area contributed by atoms with Crippen LogP contribution < -0.4 is 14.8 Å². The van der Waals surface area contributed by atoms with Gasteiger partial charge in [-0.05, 0) is 50.6 Å². The van der Waals surface area contributed by atoms with Crippen LogP contribution in [0.1, 0.15) is 36.7 Å². The van der Waals surface area contributed by atoms with Gasteiger partial charge in [-0.15, -0.1) is 0 Å². The summed E-state index contributed by atoms with van der Waals surface area (Å²) >= 11 is 0. The minimum Gasteiger partial charge on any atom is -0.486 e. The molecule has 25 heavy (non-hydrogen) atoms. The molecule has 1 heterocycles. The lowest BCUT2D eigenvalue weighted by atomic mass is 10.1. The predicted octanol–water partition coefficient (Wildman–Crippen LogP) is 4.03. The van der Waals surface area contributed by atoms with E-state index in [4.69, 9.17) is 14.2 Å². The number of rotatable bonds is 4. The second-order valence-corrected chi connectivity index (χ2v) is 6.91. The quantitative estimate of drug-likeness (QED) is 0.912. The number of carbonyl (C=O) groups is 1. The van der Waals surface area contributed by atoms with Crippen molar-refractivity contribution < 1.29 is 19.0 Å². The fourth-order valence-corrected chi connectivity index (χ4v) is 2.38. The van der Waals surface area contributed by atoms with Crippen molar-refractivity contribution in [3.63, 3.8) is 0 Å². The molecule has 0 radical (unpaired) electrons. The van der Waals surface area contributed by atoms with Crippen molar-refractivity contribution in [3.05, 3.63) is 53.6 Å². The maximum absolute atomic E-state index is 12.4. The Balaban J connectivity index is 1.63. The van der Waals surface area contributed by atoms with E-state index in [1.165, 1.54) is 0 Å². The van der Waals surface area contributed by atoms with Crippen molar-refractivity contribution in [2.75, 3.05) is 18.5 Å². The second kappa shape index (κ2) is 7.15. The maximum Gasteiger partial charge on any atom is 0.255 e. The fraction of sp³-hybridized carbons (Fsp3) is 0.350. The minimum atomic E-state index is -0.186. The van der Waals surface area contributed by atoms with Gasteiger partial charge < -0.3 is 19.5 Å². The highest BCUT2D eigenvalue weighted by atomic mass is 16.6. The molecule has 5 heteroatoms. The molecule has 0 aliphatic carbocycles. The first kappa shape index (κ1) is 17.3. The van der Waals surface area contributed by atoms with Gasteiger partial charge in [0.15, 0.2) is 11.5 Å². The molecule has 0 spiro atoms. The summed E-state index contributed by atoms with van der Waals surface area (Å²) in [6.07, 6.45) is 0. The van der Waals surface area contributed by atoms with E-state index in [0.717, 1.165) is 5.56 Å². The van der Waals surface area contributed by atoms with Crippen LogP contribution in [0.3, 0.4) is 0 Å². The van der Waals surface area contributed by atoms with Gasteiger partial charge in [-0.2, -0.15) is 0 Å². The lowest BCUT2D eigenvalue weighted by Crippen LogP contribution is -2.18. The van der Waals surface area contributed by atoms with Crippen LogP contribution in [-0.4, -0.2) is 24.7 Å². The van der Waals surface area contributed by atoms with Crippen LogP contribution in [0.15, 0.2) is 42.5 Å². The molecule has 3 rings (SSSR count). The predicted molar refractivity (Wildman–Crippen MR) is 96.4 cm³/mol. The first-order chi connectivity index (χ1) is 11.9. The Morgan fingerprint density at radius 3 is 2.40 bits per heavy atom. The van der Waals surface area contributed by atoms with Crippen molar-refractivity contribution in [2.24, 2.45) is 0 Å². The zero-order valence-electron chi connectivity index (χ0n) is 14.8. The molecular weight excluding hydrogens is 318 g/mol. The van der Waals surface area contributed by atoms with Crippen molar-refractivity contribution in [1.82, 2.24) is 0 Å². The number of carbonyl (C=O) groups excluding carboxylic acids is 1. The van der Waals surface area contributed by atoms with Crippen LogP contribution in [0.25, 0.3) is 0 Å². The normalized spacial score (nSPS) is 13.4. The zero-order valence-corrected chi connectivity index (χ0v) is 14.8. The molecule has 1 N–H and O–H groups in total. The molecule has 1 amide bonds. The number of anilines is 1. The fourth-order valence-electron chi connectivity index (χ4n) is 2.38. The summed E-state index contributed by atoms with van der Waals surface area (Å²) in [5.41, 5.74) is 2.11. The van der Waals surface area contributed by atoms with Gasteiger partial charge in [0.05, 0.1) is 12.2 Å². The Hall–Kier alpha value is -2.53. The Bertz CT molecular complexity index is 747. The molecule has 0 atom stereocenters. The van der Waals surface area contributed by atoms with Crippen molar-refractivity contribution in [2.45, 2.75) is 33.0 Å². The first-order valence-electron chi connectivity index (χ1n) is 8.35. The molecule has 0 bridgehead atoms. The van der Waals surface area contributed by atoms with Gasteiger partial charge in [-0.1, -0.05) is 12.1 Å². The SMILES string of the molecule is CC(C)(C)OCc1ccc(C(=O)Nc2ccc3c(c2)OCCO3)cc1. The molecule has 0 fully saturated rings. The van der Waals surface area contributed by atoms with Crippen LogP contribution >= 0.6 is 0 Å². The van der Waals surface area contributed by atoms with E-state index in [-0.39, 0.29) is 11.5 Å². The van der Waals surface area contributed by atoms with Crippen molar-refractivity contribution in [3.8, 4) is 11.5 Å². The summed E-state index contributed by atoms with van der Waals surface area (Å²) in [4.78, 5) is 12.4.